The molecular weight excluding hydrogens is 424 g/mol. The number of allylic oxidation sites excluding steroid dienone is 3. The summed E-state index contributed by atoms with van der Waals surface area (Å²) in [5, 5.41) is 11.2. The molecule has 1 aromatic rings. The average Bonchev–Trinajstić information content (AvgIpc) is 3.41. The third kappa shape index (κ3) is 2.91. The molecule has 1 aromatic carbocycles. The van der Waals surface area contributed by atoms with E-state index in [1.54, 1.807) is 39.2 Å². The van der Waals surface area contributed by atoms with Crippen molar-refractivity contribution >= 4 is 5.78 Å². The van der Waals surface area contributed by atoms with Crippen LogP contribution in [0.3, 0.4) is 0 Å². The smallest absolute Gasteiger partial charge is 0.248 e. The lowest BCUT2D eigenvalue weighted by atomic mass is 9.59. The van der Waals surface area contributed by atoms with Gasteiger partial charge in [-0.3, -0.25) is 4.79 Å². The first-order valence-electron chi connectivity index (χ1n) is 11.2. The molecule has 2 fully saturated rings. The average molecular weight is 455 g/mol. The van der Waals surface area contributed by atoms with Crippen LogP contribution in [0.5, 0.6) is 17.2 Å². The summed E-state index contributed by atoms with van der Waals surface area (Å²) in [6, 6.07) is 3.69. The fourth-order valence-electron chi connectivity index (χ4n) is 6.42. The second-order valence-electron chi connectivity index (χ2n) is 9.80. The molecule has 176 valence electrons. The highest BCUT2D eigenvalue weighted by Gasteiger charge is 2.76. The summed E-state index contributed by atoms with van der Waals surface area (Å²) in [6.07, 6.45) is 5.62. The van der Waals surface area contributed by atoms with Gasteiger partial charge < -0.3 is 28.8 Å². The molecule has 2 aliphatic carbocycles. The van der Waals surface area contributed by atoms with Gasteiger partial charge in [-0.2, -0.15) is 0 Å². The molecule has 0 radical (unpaired) electrons. The van der Waals surface area contributed by atoms with Gasteiger partial charge in [0.25, 0.3) is 0 Å². The van der Waals surface area contributed by atoms with Gasteiger partial charge in [-0.05, 0) is 39.2 Å². The van der Waals surface area contributed by atoms with E-state index in [9.17, 15) is 9.90 Å². The van der Waals surface area contributed by atoms with Crippen LogP contribution in [0.2, 0.25) is 0 Å². The van der Waals surface area contributed by atoms with E-state index < -0.39 is 34.7 Å². The van der Waals surface area contributed by atoms with Crippen molar-refractivity contribution in [1.29, 1.82) is 0 Å². The molecule has 1 unspecified atom stereocenters. The van der Waals surface area contributed by atoms with Gasteiger partial charge >= 0.3 is 0 Å². The number of ether oxygens (including phenoxy) is 5. The van der Waals surface area contributed by atoms with E-state index in [0.29, 0.717) is 42.3 Å². The van der Waals surface area contributed by atoms with Crippen LogP contribution in [0.25, 0.3) is 0 Å². The number of methoxy groups -OCH3 is 1. The third-order valence-electron chi connectivity index (χ3n) is 7.66. The van der Waals surface area contributed by atoms with E-state index in [1.165, 1.54) is 6.08 Å². The highest BCUT2D eigenvalue weighted by atomic mass is 16.7. The summed E-state index contributed by atoms with van der Waals surface area (Å²) in [5.41, 5.74) is -2.17. The van der Waals surface area contributed by atoms with Crippen LogP contribution in [-0.4, -0.2) is 42.3 Å². The quantitative estimate of drug-likeness (QED) is 0.629. The van der Waals surface area contributed by atoms with E-state index in [0.717, 1.165) is 5.56 Å². The number of hydrogen-bond acceptors (Lipinski definition) is 7. The van der Waals surface area contributed by atoms with Crippen molar-refractivity contribution in [3.05, 3.63) is 54.8 Å². The monoisotopic (exact) mass is 454 g/mol. The number of rotatable bonds is 7. The Morgan fingerprint density at radius 3 is 2.61 bits per heavy atom. The second-order valence-corrected chi connectivity index (χ2v) is 9.80. The fourth-order valence-corrected chi connectivity index (χ4v) is 6.42. The van der Waals surface area contributed by atoms with E-state index in [1.807, 2.05) is 6.07 Å². The molecule has 2 heterocycles. The van der Waals surface area contributed by atoms with Crippen molar-refractivity contribution in [3.8, 4) is 17.2 Å². The summed E-state index contributed by atoms with van der Waals surface area (Å²) in [7, 11) is 1.61. The number of aliphatic hydroxyl groups is 1. The lowest BCUT2D eigenvalue weighted by Crippen LogP contribution is -2.57. The number of carbonyl (C=O) groups is 1. The zero-order valence-electron chi connectivity index (χ0n) is 19.3. The van der Waals surface area contributed by atoms with Crippen molar-refractivity contribution in [3.63, 3.8) is 0 Å². The Morgan fingerprint density at radius 2 is 1.97 bits per heavy atom. The zero-order chi connectivity index (χ0) is 23.6. The predicted octanol–water partition coefficient (Wildman–Crippen LogP) is 3.70. The predicted molar refractivity (Wildman–Crippen MR) is 120 cm³/mol. The molecule has 7 nitrogen and oxygen atoms in total. The molecule has 0 aromatic heterocycles. The van der Waals surface area contributed by atoms with Crippen molar-refractivity contribution in [2.75, 3.05) is 13.9 Å². The topological polar surface area (TPSA) is 83.5 Å². The first kappa shape index (κ1) is 22.0. The maximum absolute atomic E-state index is 13.7. The normalized spacial score (nSPS) is 33.9. The van der Waals surface area contributed by atoms with Crippen molar-refractivity contribution < 1.29 is 33.6 Å². The number of benzene rings is 1. The third-order valence-corrected chi connectivity index (χ3v) is 7.66. The lowest BCUT2D eigenvalue weighted by molar-refractivity contribution is -0.160. The van der Waals surface area contributed by atoms with E-state index in [-0.39, 0.29) is 12.6 Å². The summed E-state index contributed by atoms with van der Waals surface area (Å²) in [4.78, 5) is 13.7. The summed E-state index contributed by atoms with van der Waals surface area (Å²) >= 11 is 0. The highest BCUT2D eigenvalue weighted by molar-refractivity contribution is 5.98. The van der Waals surface area contributed by atoms with Crippen molar-refractivity contribution in [2.45, 2.75) is 50.6 Å². The number of carbonyl (C=O) groups excluding carboxylic acids is 1. The van der Waals surface area contributed by atoms with Gasteiger partial charge in [-0.25, -0.2) is 0 Å². The van der Waals surface area contributed by atoms with Crippen LogP contribution in [0.15, 0.2) is 49.3 Å². The minimum absolute atomic E-state index is 0.0370. The summed E-state index contributed by atoms with van der Waals surface area (Å²) in [6.45, 7) is 11.2. The van der Waals surface area contributed by atoms with Crippen LogP contribution in [-0.2, 0) is 20.7 Å². The molecular formula is C26H30O7. The lowest BCUT2D eigenvalue weighted by Gasteiger charge is -2.46. The molecule has 7 heteroatoms. The van der Waals surface area contributed by atoms with Crippen LogP contribution < -0.4 is 14.2 Å². The van der Waals surface area contributed by atoms with Crippen LogP contribution in [0.1, 0.15) is 32.3 Å². The molecule has 1 saturated heterocycles. The van der Waals surface area contributed by atoms with Gasteiger partial charge in [0.2, 0.25) is 6.29 Å². The van der Waals surface area contributed by atoms with Gasteiger partial charge in [0.05, 0.1) is 24.0 Å². The molecule has 2 aliphatic heterocycles. The van der Waals surface area contributed by atoms with Gasteiger partial charge in [-0.1, -0.05) is 12.2 Å². The first-order valence-corrected chi connectivity index (χ1v) is 11.2. The minimum Gasteiger partial charge on any atom is -0.496 e. The first-order chi connectivity index (χ1) is 15.7. The largest absolute Gasteiger partial charge is 0.496 e. The SMILES string of the molecule is C=CCc1cc2c(cc1OC)OC([C@H]1[C@@]3(CC=C)C(=O)C=C4OCO[C@]41C[C@@H]3C(C)(C)O)O2. The summed E-state index contributed by atoms with van der Waals surface area (Å²) in [5.74, 6) is 1.18. The van der Waals surface area contributed by atoms with Gasteiger partial charge in [0.1, 0.15) is 17.1 Å². The Hall–Kier alpha value is -2.77. The Morgan fingerprint density at radius 1 is 1.24 bits per heavy atom. The standard InChI is InChI=1S/C26H30O7/c1-6-8-15-10-17-18(11-16(15)29-5)33-23(32-17)22-25(9-7-2)19(24(3,4)28)13-26(22)21(12-20(25)27)30-14-31-26/h6-7,10-12,19,22-23,28H,1-2,8-9,13-14H2,3-5H3/t19-,22+,23?,25-,26-/m1/s1. The van der Waals surface area contributed by atoms with E-state index in [2.05, 4.69) is 13.2 Å². The minimum atomic E-state index is -1.15. The Bertz CT molecular complexity index is 1050. The highest BCUT2D eigenvalue weighted by Crippen LogP contribution is 2.68. The van der Waals surface area contributed by atoms with Gasteiger partial charge in [0.15, 0.2) is 24.1 Å². The molecule has 1 N–H and O–H groups in total. The Balaban J connectivity index is 1.63. The maximum Gasteiger partial charge on any atom is 0.248 e. The molecule has 5 atom stereocenters. The van der Waals surface area contributed by atoms with Crippen LogP contribution >= 0.6 is 0 Å². The molecule has 4 aliphatic rings. The molecule has 5 rings (SSSR count). The second kappa shape index (κ2) is 7.37. The molecule has 33 heavy (non-hydrogen) atoms. The number of fused-ring (bicyclic) bond motifs is 2. The molecule has 1 saturated carbocycles. The molecule has 2 bridgehead atoms. The van der Waals surface area contributed by atoms with Gasteiger partial charge in [-0.15, -0.1) is 13.2 Å². The summed E-state index contributed by atoms with van der Waals surface area (Å²) < 4.78 is 30.2. The van der Waals surface area contributed by atoms with Crippen LogP contribution in [0, 0.1) is 17.3 Å². The van der Waals surface area contributed by atoms with E-state index >= 15 is 0 Å². The Labute approximate surface area is 193 Å². The molecule has 1 spiro atoms. The van der Waals surface area contributed by atoms with Gasteiger partial charge in [0, 0.05) is 23.6 Å². The maximum atomic E-state index is 13.7. The van der Waals surface area contributed by atoms with Crippen molar-refractivity contribution in [2.24, 2.45) is 17.3 Å². The molecule has 0 amide bonds. The number of ketones is 1. The van der Waals surface area contributed by atoms with E-state index in [4.69, 9.17) is 23.7 Å². The van der Waals surface area contributed by atoms with Crippen molar-refractivity contribution in [1.82, 2.24) is 0 Å². The van der Waals surface area contributed by atoms with Crippen LogP contribution in [0.4, 0.5) is 0 Å². The number of hydrogen-bond donors (Lipinski definition) is 1. The zero-order valence-corrected chi connectivity index (χ0v) is 19.3. The Kier molecular flexibility index (Phi) is 4.92. The fraction of sp³-hybridized carbons (Fsp3) is 0.500.